The van der Waals surface area contributed by atoms with Crippen molar-refractivity contribution in [3.05, 3.63) is 0 Å². The van der Waals surface area contributed by atoms with Crippen molar-refractivity contribution in [2.24, 2.45) is 5.73 Å². The van der Waals surface area contributed by atoms with Crippen LogP contribution in [0.1, 0.15) is 13.3 Å². The van der Waals surface area contributed by atoms with E-state index in [2.05, 4.69) is 0 Å². The summed E-state index contributed by atoms with van der Waals surface area (Å²) < 4.78 is 15.6. The van der Waals surface area contributed by atoms with Crippen LogP contribution in [-0.2, 0) is 14.2 Å². The SMILES string of the molecule is CCOCCCOCCOCCN. The van der Waals surface area contributed by atoms with E-state index in [1.807, 2.05) is 6.92 Å². The Hall–Kier alpha value is -0.160. The van der Waals surface area contributed by atoms with Crippen LogP contribution in [0.15, 0.2) is 0 Å². The van der Waals surface area contributed by atoms with E-state index in [1.165, 1.54) is 0 Å². The van der Waals surface area contributed by atoms with Crippen molar-refractivity contribution < 1.29 is 14.2 Å². The van der Waals surface area contributed by atoms with E-state index < -0.39 is 0 Å². The molecule has 4 nitrogen and oxygen atoms in total. The Bertz CT molecular complexity index is 80.9. The molecule has 0 bridgehead atoms. The van der Waals surface area contributed by atoms with E-state index in [0.717, 1.165) is 26.2 Å². The van der Waals surface area contributed by atoms with Crippen LogP contribution < -0.4 is 5.73 Å². The zero-order chi connectivity index (χ0) is 9.78. The quantitative estimate of drug-likeness (QED) is 0.508. The van der Waals surface area contributed by atoms with Crippen molar-refractivity contribution in [3.8, 4) is 0 Å². The van der Waals surface area contributed by atoms with E-state index in [4.69, 9.17) is 19.9 Å². The van der Waals surface area contributed by atoms with Gasteiger partial charge in [-0.15, -0.1) is 0 Å². The fourth-order valence-corrected chi connectivity index (χ4v) is 0.813. The second kappa shape index (κ2) is 11.8. The lowest BCUT2D eigenvalue weighted by Crippen LogP contribution is -2.12. The summed E-state index contributed by atoms with van der Waals surface area (Å²) in [5, 5.41) is 0. The first kappa shape index (κ1) is 12.8. The average molecular weight is 191 g/mol. The second-order valence-electron chi connectivity index (χ2n) is 2.56. The number of rotatable bonds is 10. The number of hydrogen-bond donors (Lipinski definition) is 1. The van der Waals surface area contributed by atoms with Gasteiger partial charge in [0.2, 0.25) is 0 Å². The molecule has 0 atom stereocenters. The van der Waals surface area contributed by atoms with Gasteiger partial charge in [0.25, 0.3) is 0 Å². The third-order valence-electron chi connectivity index (χ3n) is 1.42. The lowest BCUT2D eigenvalue weighted by molar-refractivity contribution is 0.0390. The summed E-state index contributed by atoms with van der Waals surface area (Å²) in [6.07, 6.45) is 0.949. The van der Waals surface area contributed by atoms with Crippen molar-refractivity contribution in [2.45, 2.75) is 13.3 Å². The maximum absolute atomic E-state index is 5.28. The molecule has 0 aromatic rings. The van der Waals surface area contributed by atoms with Gasteiger partial charge in [-0.1, -0.05) is 0 Å². The first-order chi connectivity index (χ1) is 6.41. The molecule has 13 heavy (non-hydrogen) atoms. The van der Waals surface area contributed by atoms with Crippen molar-refractivity contribution >= 4 is 0 Å². The minimum absolute atomic E-state index is 0.574. The zero-order valence-electron chi connectivity index (χ0n) is 8.46. The standard InChI is InChI=1S/C9H21NO3/c1-2-11-5-3-6-12-8-9-13-7-4-10/h2-10H2,1H3. The molecule has 0 amide bonds. The molecular weight excluding hydrogens is 170 g/mol. The molecule has 0 aliphatic heterocycles. The van der Waals surface area contributed by atoms with Crippen LogP contribution in [0, 0.1) is 0 Å². The van der Waals surface area contributed by atoms with Gasteiger partial charge in [0.1, 0.15) is 0 Å². The normalized spacial score (nSPS) is 10.6. The second-order valence-corrected chi connectivity index (χ2v) is 2.56. The average Bonchev–Trinajstić information content (AvgIpc) is 2.16. The van der Waals surface area contributed by atoms with Crippen LogP contribution in [0.5, 0.6) is 0 Å². The molecule has 80 valence electrons. The van der Waals surface area contributed by atoms with Gasteiger partial charge < -0.3 is 19.9 Å². The van der Waals surface area contributed by atoms with E-state index in [1.54, 1.807) is 0 Å². The summed E-state index contributed by atoms with van der Waals surface area (Å²) in [4.78, 5) is 0. The molecule has 0 spiro atoms. The van der Waals surface area contributed by atoms with Crippen molar-refractivity contribution in [2.75, 3.05) is 46.2 Å². The van der Waals surface area contributed by atoms with Crippen molar-refractivity contribution in [1.29, 1.82) is 0 Å². The summed E-state index contributed by atoms with van der Waals surface area (Å²) in [6.45, 7) is 6.75. The predicted octanol–water partition coefficient (Wildman–Crippen LogP) is 0.405. The number of ether oxygens (including phenoxy) is 3. The Labute approximate surface area is 80.3 Å². The smallest absolute Gasteiger partial charge is 0.0701 e. The molecule has 0 unspecified atom stereocenters. The van der Waals surface area contributed by atoms with Crippen LogP contribution in [0.3, 0.4) is 0 Å². The van der Waals surface area contributed by atoms with Gasteiger partial charge in [-0.05, 0) is 13.3 Å². The highest BCUT2D eigenvalue weighted by Crippen LogP contribution is 1.85. The molecule has 0 rings (SSSR count). The molecule has 0 fully saturated rings. The molecule has 0 saturated carbocycles. The first-order valence-corrected chi connectivity index (χ1v) is 4.85. The van der Waals surface area contributed by atoms with Crippen LogP contribution in [0.2, 0.25) is 0 Å². The molecule has 0 aromatic carbocycles. The monoisotopic (exact) mass is 191 g/mol. The van der Waals surface area contributed by atoms with E-state index in [0.29, 0.717) is 26.4 Å². The zero-order valence-corrected chi connectivity index (χ0v) is 8.46. The molecule has 0 aromatic heterocycles. The van der Waals surface area contributed by atoms with Gasteiger partial charge in [0, 0.05) is 26.4 Å². The van der Waals surface area contributed by atoms with Crippen LogP contribution in [0.4, 0.5) is 0 Å². The predicted molar refractivity (Wildman–Crippen MR) is 51.8 cm³/mol. The van der Waals surface area contributed by atoms with Gasteiger partial charge in [0.15, 0.2) is 0 Å². The Morgan fingerprint density at radius 2 is 1.46 bits per heavy atom. The lowest BCUT2D eigenvalue weighted by atomic mass is 10.5. The number of nitrogens with two attached hydrogens (primary N) is 1. The summed E-state index contributed by atoms with van der Waals surface area (Å²) in [6, 6.07) is 0. The Kier molecular flexibility index (Phi) is 11.7. The number of hydrogen-bond acceptors (Lipinski definition) is 4. The summed E-state index contributed by atoms with van der Waals surface area (Å²) in [5.74, 6) is 0. The van der Waals surface area contributed by atoms with Crippen LogP contribution >= 0.6 is 0 Å². The van der Waals surface area contributed by atoms with Gasteiger partial charge in [-0.25, -0.2) is 0 Å². The Balaban J connectivity index is 2.76. The molecule has 0 heterocycles. The molecule has 4 heteroatoms. The maximum atomic E-state index is 5.28. The highest BCUT2D eigenvalue weighted by atomic mass is 16.5. The largest absolute Gasteiger partial charge is 0.382 e. The molecule has 0 radical (unpaired) electrons. The molecule has 0 aliphatic carbocycles. The Morgan fingerprint density at radius 3 is 2.08 bits per heavy atom. The topological polar surface area (TPSA) is 53.7 Å². The fraction of sp³-hybridized carbons (Fsp3) is 1.00. The summed E-state index contributed by atoms with van der Waals surface area (Å²) in [5.41, 5.74) is 5.24. The third-order valence-corrected chi connectivity index (χ3v) is 1.42. The van der Waals surface area contributed by atoms with Gasteiger partial charge in [-0.2, -0.15) is 0 Å². The van der Waals surface area contributed by atoms with Crippen molar-refractivity contribution in [1.82, 2.24) is 0 Å². The van der Waals surface area contributed by atoms with Gasteiger partial charge in [0.05, 0.1) is 19.8 Å². The van der Waals surface area contributed by atoms with E-state index in [9.17, 15) is 0 Å². The minimum atomic E-state index is 0.574. The summed E-state index contributed by atoms with van der Waals surface area (Å²) in [7, 11) is 0. The maximum Gasteiger partial charge on any atom is 0.0701 e. The minimum Gasteiger partial charge on any atom is -0.382 e. The van der Waals surface area contributed by atoms with Gasteiger partial charge in [-0.3, -0.25) is 0 Å². The highest BCUT2D eigenvalue weighted by Gasteiger charge is 1.89. The van der Waals surface area contributed by atoms with E-state index in [-0.39, 0.29) is 0 Å². The van der Waals surface area contributed by atoms with Gasteiger partial charge >= 0.3 is 0 Å². The molecule has 2 N–H and O–H groups in total. The van der Waals surface area contributed by atoms with Crippen LogP contribution in [0.25, 0.3) is 0 Å². The molecular formula is C9H21NO3. The fourth-order valence-electron chi connectivity index (χ4n) is 0.813. The Morgan fingerprint density at radius 1 is 0.846 bits per heavy atom. The third kappa shape index (κ3) is 11.8. The lowest BCUT2D eigenvalue weighted by Gasteiger charge is -2.04. The first-order valence-electron chi connectivity index (χ1n) is 4.85. The highest BCUT2D eigenvalue weighted by molar-refractivity contribution is 4.36. The summed E-state index contributed by atoms with van der Waals surface area (Å²) >= 11 is 0. The molecule has 0 aliphatic rings. The van der Waals surface area contributed by atoms with Crippen LogP contribution in [-0.4, -0.2) is 46.2 Å². The van der Waals surface area contributed by atoms with E-state index >= 15 is 0 Å². The van der Waals surface area contributed by atoms with Crippen molar-refractivity contribution in [3.63, 3.8) is 0 Å². The molecule has 0 saturated heterocycles.